The number of carbonyl (C=O) groups excluding carboxylic acids is 2. The van der Waals surface area contributed by atoms with Crippen molar-refractivity contribution >= 4 is 32.7 Å². The summed E-state index contributed by atoms with van der Waals surface area (Å²) in [5.41, 5.74) is 1.13. The molecule has 1 saturated heterocycles. The zero-order valence-electron chi connectivity index (χ0n) is 15.3. The first-order chi connectivity index (χ1) is 12.7. The van der Waals surface area contributed by atoms with Gasteiger partial charge < -0.3 is 4.90 Å². The number of piperidine rings is 1. The van der Waals surface area contributed by atoms with Crippen molar-refractivity contribution in [2.45, 2.75) is 44.0 Å². The van der Waals surface area contributed by atoms with Gasteiger partial charge in [0.1, 0.15) is 10.9 Å². The van der Waals surface area contributed by atoms with Crippen LogP contribution in [0, 0.1) is 6.92 Å². The Kier molecular flexibility index (Phi) is 5.16. The van der Waals surface area contributed by atoms with Crippen molar-refractivity contribution in [1.29, 1.82) is 0 Å². The number of nitrogens with zero attached hydrogens (tertiary/aromatic N) is 3. The molecule has 0 spiro atoms. The zero-order valence-corrected chi connectivity index (χ0v) is 16.1. The molecular weight excluding hydrogens is 368 g/mol. The number of nitrogens with two attached hydrogens (primary N) is 1. The number of aryl methyl sites for hydroxylation is 1. The summed E-state index contributed by atoms with van der Waals surface area (Å²) in [6.45, 7) is 3.62. The average molecular weight is 390 g/mol. The Labute approximate surface area is 158 Å². The van der Waals surface area contributed by atoms with Gasteiger partial charge >= 0.3 is 0 Å². The van der Waals surface area contributed by atoms with Gasteiger partial charge in [0.25, 0.3) is 15.9 Å². The van der Waals surface area contributed by atoms with Crippen molar-refractivity contribution in [3.8, 4) is 0 Å². The summed E-state index contributed by atoms with van der Waals surface area (Å²) in [6.07, 6.45) is 3.44. The van der Waals surface area contributed by atoms with Crippen molar-refractivity contribution in [2.24, 2.45) is 5.84 Å². The highest BCUT2D eigenvalue weighted by atomic mass is 32.2. The van der Waals surface area contributed by atoms with Crippen LogP contribution in [0.15, 0.2) is 35.4 Å². The van der Waals surface area contributed by atoms with E-state index < -0.39 is 22.0 Å². The van der Waals surface area contributed by atoms with Crippen LogP contribution in [0.4, 0.5) is 0 Å². The zero-order chi connectivity index (χ0) is 19.8. The van der Waals surface area contributed by atoms with Crippen LogP contribution < -0.4 is 5.84 Å². The first-order valence-electron chi connectivity index (χ1n) is 8.70. The van der Waals surface area contributed by atoms with Gasteiger partial charge in [-0.1, -0.05) is 12.1 Å². The standard InChI is InChI=1S/C18H22N4O4S/c1-12-10-14-6-5-8-16(17(14)20-11-12)27(25,26)22(19)18(24)15-7-3-4-9-21(15)13(2)23/h5-6,8,10-11,15H,3-4,7,9,19H2,1-2H3. The molecule has 2 amide bonds. The summed E-state index contributed by atoms with van der Waals surface area (Å²) >= 11 is 0. The monoisotopic (exact) mass is 390 g/mol. The van der Waals surface area contributed by atoms with E-state index in [2.05, 4.69) is 4.98 Å². The normalized spacial score (nSPS) is 17.7. The second kappa shape index (κ2) is 7.24. The molecular formula is C18H22N4O4S. The fraction of sp³-hybridized carbons (Fsp3) is 0.389. The number of pyridine rings is 1. The molecule has 1 aromatic heterocycles. The number of amides is 2. The number of hydrogen-bond donors (Lipinski definition) is 1. The van der Waals surface area contributed by atoms with Gasteiger partial charge in [-0.05, 0) is 43.9 Å². The fourth-order valence-corrected chi connectivity index (χ4v) is 4.62. The molecule has 2 N–H and O–H groups in total. The molecule has 1 unspecified atom stereocenters. The lowest BCUT2D eigenvalue weighted by Crippen LogP contribution is -2.55. The van der Waals surface area contributed by atoms with E-state index in [1.54, 1.807) is 18.3 Å². The molecule has 1 aliphatic rings. The molecule has 0 saturated carbocycles. The minimum absolute atomic E-state index is 0.138. The number of para-hydroxylation sites is 1. The van der Waals surface area contributed by atoms with Crippen molar-refractivity contribution in [3.05, 3.63) is 36.0 Å². The molecule has 2 aromatic rings. The fourth-order valence-electron chi connectivity index (χ4n) is 3.39. The first-order valence-corrected chi connectivity index (χ1v) is 10.1. The van der Waals surface area contributed by atoms with Gasteiger partial charge in [0, 0.05) is 25.1 Å². The summed E-state index contributed by atoms with van der Waals surface area (Å²) in [4.78, 5) is 30.1. The summed E-state index contributed by atoms with van der Waals surface area (Å²) < 4.78 is 26.3. The van der Waals surface area contributed by atoms with E-state index in [0.717, 1.165) is 18.4 Å². The van der Waals surface area contributed by atoms with Crippen molar-refractivity contribution in [1.82, 2.24) is 14.3 Å². The van der Waals surface area contributed by atoms with Gasteiger partial charge in [-0.25, -0.2) is 5.84 Å². The number of aromatic nitrogens is 1. The van der Waals surface area contributed by atoms with Crippen LogP contribution in [0.2, 0.25) is 0 Å². The first kappa shape index (κ1) is 19.2. The van der Waals surface area contributed by atoms with Crippen LogP contribution in [-0.4, -0.2) is 47.1 Å². The number of carbonyl (C=O) groups is 2. The smallest absolute Gasteiger partial charge is 0.282 e. The van der Waals surface area contributed by atoms with Crippen molar-refractivity contribution in [2.75, 3.05) is 6.54 Å². The highest BCUT2D eigenvalue weighted by Gasteiger charge is 2.38. The Morgan fingerprint density at radius 1 is 1.30 bits per heavy atom. The van der Waals surface area contributed by atoms with E-state index in [0.29, 0.717) is 18.4 Å². The maximum Gasteiger partial charge on any atom is 0.282 e. The van der Waals surface area contributed by atoms with Crippen LogP contribution in [0.5, 0.6) is 0 Å². The van der Waals surface area contributed by atoms with Gasteiger partial charge in [0.05, 0.1) is 5.52 Å². The number of hydrogen-bond acceptors (Lipinski definition) is 6. The quantitative estimate of drug-likeness (QED) is 0.481. The van der Waals surface area contributed by atoms with Crippen LogP contribution in [-0.2, 0) is 19.6 Å². The molecule has 27 heavy (non-hydrogen) atoms. The van der Waals surface area contributed by atoms with Gasteiger partial charge in [-0.3, -0.25) is 14.6 Å². The topological polar surface area (TPSA) is 114 Å². The third-order valence-corrected chi connectivity index (χ3v) is 6.34. The second-order valence-corrected chi connectivity index (χ2v) is 8.49. The summed E-state index contributed by atoms with van der Waals surface area (Å²) in [6, 6.07) is 5.63. The number of rotatable bonds is 3. The molecule has 0 radical (unpaired) electrons. The Bertz CT molecular complexity index is 1010. The van der Waals surface area contributed by atoms with E-state index in [9.17, 15) is 18.0 Å². The molecule has 0 bridgehead atoms. The highest BCUT2D eigenvalue weighted by molar-refractivity contribution is 7.89. The molecule has 1 aromatic carbocycles. The SMILES string of the molecule is CC(=O)N1CCCCC1C(=O)N(N)S(=O)(=O)c1cccc2cc(C)cnc12. The van der Waals surface area contributed by atoms with Gasteiger partial charge in [-0.15, -0.1) is 0 Å². The summed E-state index contributed by atoms with van der Waals surface area (Å²) in [5.74, 6) is 4.68. The summed E-state index contributed by atoms with van der Waals surface area (Å²) in [7, 11) is -4.32. The van der Waals surface area contributed by atoms with E-state index in [-0.39, 0.29) is 20.7 Å². The lowest BCUT2D eigenvalue weighted by atomic mass is 10.0. The predicted octanol–water partition coefficient (Wildman–Crippen LogP) is 1.34. The minimum atomic E-state index is -4.32. The third kappa shape index (κ3) is 3.52. The second-order valence-electron chi connectivity index (χ2n) is 6.70. The number of benzene rings is 1. The molecule has 3 rings (SSSR count). The third-order valence-electron chi connectivity index (χ3n) is 4.76. The van der Waals surface area contributed by atoms with Gasteiger partial charge in [0.15, 0.2) is 0 Å². The molecule has 1 fully saturated rings. The molecule has 9 heteroatoms. The average Bonchev–Trinajstić information content (AvgIpc) is 2.65. The van der Waals surface area contributed by atoms with Gasteiger partial charge in [0.2, 0.25) is 5.91 Å². The number of likely N-dealkylation sites (tertiary alicyclic amines) is 1. The Morgan fingerprint density at radius 2 is 2.04 bits per heavy atom. The highest BCUT2D eigenvalue weighted by Crippen LogP contribution is 2.26. The van der Waals surface area contributed by atoms with Crippen molar-refractivity contribution < 1.29 is 18.0 Å². The molecule has 8 nitrogen and oxygen atoms in total. The maximum absolute atomic E-state index is 13.0. The van der Waals surface area contributed by atoms with Crippen LogP contribution >= 0.6 is 0 Å². The van der Waals surface area contributed by atoms with E-state index in [4.69, 9.17) is 5.84 Å². The number of hydrazine groups is 1. The molecule has 1 aliphatic heterocycles. The largest absolute Gasteiger partial charge is 0.331 e. The van der Waals surface area contributed by atoms with Crippen LogP contribution in [0.25, 0.3) is 10.9 Å². The van der Waals surface area contributed by atoms with Crippen LogP contribution in [0.1, 0.15) is 31.7 Å². The molecule has 1 atom stereocenters. The number of fused-ring (bicyclic) bond motifs is 1. The summed E-state index contributed by atoms with van der Waals surface area (Å²) in [5, 5.41) is 0.639. The lowest BCUT2D eigenvalue weighted by molar-refractivity contribution is -0.143. The van der Waals surface area contributed by atoms with E-state index in [1.807, 2.05) is 13.0 Å². The molecule has 2 heterocycles. The van der Waals surface area contributed by atoms with Crippen LogP contribution in [0.3, 0.4) is 0 Å². The molecule has 144 valence electrons. The van der Waals surface area contributed by atoms with Gasteiger partial charge in [-0.2, -0.15) is 12.8 Å². The Morgan fingerprint density at radius 3 is 2.74 bits per heavy atom. The predicted molar refractivity (Wildman–Crippen MR) is 99.7 cm³/mol. The number of sulfonamides is 1. The molecule has 0 aliphatic carbocycles. The minimum Gasteiger partial charge on any atom is -0.331 e. The van der Waals surface area contributed by atoms with Crippen molar-refractivity contribution in [3.63, 3.8) is 0 Å². The lowest BCUT2D eigenvalue weighted by Gasteiger charge is -2.35. The van der Waals surface area contributed by atoms with E-state index >= 15 is 0 Å². The maximum atomic E-state index is 13.0. The Balaban J connectivity index is 1.99. The van der Waals surface area contributed by atoms with E-state index in [1.165, 1.54) is 17.9 Å². The Hall–Kier alpha value is -2.52.